The van der Waals surface area contributed by atoms with Crippen molar-refractivity contribution >= 4 is 21.8 Å². The fraction of sp³-hybridized carbons (Fsp3) is 0.381. The van der Waals surface area contributed by atoms with Gasteiger partial charge in [-0.2, -0.15) is 0 Å². The highest BCUT2D eigenvalue weighted by Gasteiger charge is 2.28. The molecular formula is C21H28N2O4S. The molecule has 0 unspecified atom stereocenters. The van der Waals surface area contributed by atoms with Crippen molar-refractivity contribution in [1.82, 2.24) is 4.72 Å². The molecule has 2 N–H and O–H groups in total. The molecule has 2 aromatic carbocycles. The number of ether oxygens (including phenoxy) is 1. The third kappa shape index (κ3) is 6.07. The number of carbonyl (C=O) groups excluding carboxylic acids is 1. The lowest BCUT2D eigenvalue weighted by atomic mass is 9.95. The predicted molar refractivity (Wildman–Crippen MR) is 111 cm³/mol. The molecule has 28 heavy (non-hydrogen) atoms. The van der Waals surface area contributed by atoms with Crippen LogP contribution in [0, 0.1) is 6.92 Å². The molecule has 0 aromatic heterocycles. The molecule has 0 saturated carbocycles. The normalized spacial score (nSPS) is 12.5. The number of carbonyl (C=O) groups is 1. The fourth-order valence-corrected chi connectivity index (χ4v) is 3.96. The molecule has 152 valence electrons. The van der Waals surface area contributed by atoms with E-state index in [1.54, 1.807) is 83.1 Å². The molecule has 0 aliphatic heterocycles. The second kappa shape index (κ2) is 7.93. The monoisotopic (exact) mass is 404 g/mol. The van der Waals surface area contributed by atoms with E-state index in [1.165, 1.54) is 0 Å². The van der Waals surface area contributed by atoms with Crippen molar-refractivity contribution in [2.45, 2.75) is 57.6 Å². The van der Waals surface area contributed by atoms with Gasteiger partial charge >= 0.3 is 6.09 Å². The Hall–Kier alpha value is -2.38. The Bertz CT molecular complexity index is 926. The minimum Gasteiger partial charge on any atom is -0.444 e. The van der Waals surface area contributed by atoms with Crippen molar-refractivity contribution in [3.8, 4) is 0 Å². The van der Waals surface area contributed by atoms with Crippen molar-refractivity contribution < 1.29 is 17.9 Å². The van der Waals surface area contributed by atoms with E-state index in [2.05, 4.69) is 10.0 Å². The maximum Gasteiger partial charge on any atom is 0.412 e. The van der Waals surface area contributed by atoms with Crippen molar-refractivity contribution in [2.24, 2.45) is 0 Å². The number of hydrogen-bond acceptors (Lipinski definition) is 4. The molecule has 0 heterocycles. The van der Waals surface area contributed by atoms with Gasteiger partial charge in [-0.05, 0) is 71.4 Å². The fourth-order valence-electron chi connectivity index (χ4n) is 2.56. The van der Waals surface area contributed by atoms with Crippen LogP contribution >= 0.6 is 0 Å². The van der Waals surface area contributed by atoms with Crippen molar-refractivity contribution in [3.05, 3.63) is 59.7 Å². The highest BCUT2D eigenvalue weighted by Crippen LogP contribution is 2.25. The third-order valence-electron chi connectivity index (χ3n) is 3.97. The van der Waals surface area contributed by atoms with Crippen LogP contribution in [0.2, 0.25) is 0 Å². The molecule has 0 radical (unpaired) electrons. The number of rotatable bonds is 5. The minimum absolute atomic E-state index is 0.217. The van der Waals surface area contributed by atoms with Crippen LogP contribution in [0.5, 0.6) is 0 Å². The van der Waals surface area contributed by atoms with Crippen LogP contribution in [0.3, 0.4) is 0 Å². The molecule has 0 fully saturated rings. The first-order valence-corrected chi connectivity index (χ1v) is 10.5. The van der Waals surface area contributed by atoms with E-state index in [0.717, 1.165) is 11.1 Å². The maximum atomic E-state index is 12.7. The Morgan fingerprint density at radius 1 is 0.893 bits per heavy atom. The number of sulfonamides is 1. The number of nitrogens with one attached hydrogen (secondary N) is 2. The summed E-state index contributed by atoms with van der Waals surface area (Å²) < 4.78 is 33.3. The maximum absolute atomic E-state index is 12.7. The lowest BCUT2D eigenvalue weighted by molar-refractivity contribution is 0.0636. The molecule has 2 rings (SSSR count). The van der Waals surface area contributed by atoms with Gasteiger partial charge in [0.25, 0.3) is 0 Å². The van der Waals surface area contributed by atoms with Crippen LogP contribution < -0.4 is 10.0 Å². The summed E-state index contributed by atoms with van der Waals surface area (Å²) in [6.07, 6.45) is -0.542. The number of benzene rings is 2. The van der Waals surface area contributed by atoms with Gasteiger partial charge < -0.3 is 4.74 Å². The van der Waals surface area contributed by atoms with Crippen LogP contribution in [0.1, 0.15) is 45.7 Å². The van der Waals surface area contributed by atoms with Gasteiger partial charge in [-0.1, -0.05) is 29.8 Å². The molecule has 0 spiro atoms. The number of aryl methyl sites for hydroxylation is 1. The molecule has 0 bridgehead atoms. The second-order valence-electron chi connectivity index (χ2n) is 8.25. The van der Waals surface area contributed by atoms with Gasteiger partial charge in [0.05, 0.1) is 10.4 Å². The molecule has 1 amide bonds. The average Bonchev–Trinajstić information content (AvgIpc) is 2.53. The Morgan fingerprint density at radius 2 is 1.43 bits per heavy atom. The molecule has 0 atom stereocenters. The summed E-state index contributed by atoms with van der Waals surface area (Å²) in [5.74, 6) is 0. The predicted octanol–water partition coefficient (Wildman–Crippen LogP) is 4.56. The first kappa shape index (κ1) is 21.9. The Balaban J connectivity index is 2.13. The highest BCUT2D eigenvalue weighted by atomic mass is 32.2. The van der Waals surface area contributed by atoms with E-state index in [-0.39, 0.29) is 4.90 Å². The zero-order valence-electron chi connectivity index (χ0n) is 17.2. The van der Waals surface area contributed by atoms with Crippen molar-refractivity contribution in [1.29, 1.82) is 0 Å². The van der Waals surface area contributed by atoms with Crippen molar-refractivity contribution in [3.63, 3.8) is 0 Å². The summed E-state index contributed by atoms with van der Waals surface area (Å²) in [7, 11) is -3.67. The minimum atomic E-state index is -3.67. The average molecular weight is 405 g/mol. The summed E-state index contributed by atoms with van der Waals surface area (Å²) in [5.41, 5.74) is 0.897. The Kier molecular flexibility index (Phi) is 6.21. The van der Waals surface area contributed by atoms with E-state index in [4.69, 9.17) is 4.74 Å². The zero-order valence-corrected chi connectivity index (χ0v) is 18.0. The first-order chi connectivity index (χ1) is 12.8. The molecule has 0 saturated heterocycles. The van der Waals surface area contributed by atoms with E-state index in [1.807, 2.05) is 6.92 Å². The van der Waals surface area contributed by atoms with Crippen molar-refractivity contribution in [2.75, 3.05) is 5.32 Å². The van der Waals surface area contributed by atoms with Crippen LogP contribution in [0.4, 0.5) is 10.5 Å². The Labute approximate surface area is 167 Å². The van der Waals surface area contributed by atoms with E-state index >= 15 is 0 Å². The summed E-state index contributed by atoms with van der Waals surface area (Å²) in [6.45, 7) is 10.8. The molecule has 6 nitrogen and oxygen atoms in total. The Morgan fingerprint density at radius 3 is 1.93 bits per heavy atom. The summed E-state index contributed by atoms with van der Waals surface area (Å²) >= 11 is 0. The highest BCUT2D eigenvalue weighted by molar-refractivity contribution is 7.89. The zero-order chi connectivity index (χ0) is 21.2. The smallest absolute Gasteiger partial charge is 0.412 e. The SMILES string of the molecule is Cc1ccc(S(=O)(=O)NC(C)(C)c2ccc(NC(=O)OC(C)(C)C)cc2)cc1. The van der Waals surface area contributed by atoms with E-state index in [9.17, 15) is 13.2 Å². The van der Waals surface area contributed by atoms with E-state index < -0.39 is 27.3 Å². The summed E-state index contributed by atoms with van der Waals surface area (Å²) in [5, 5.41) is 2.66. The van der Waals surface area contributed by atoms with E-state index in [0.29, 0.717) is 5.69 Å². The third-order valence-corrected chi connectivity index (χ3v) is 5.64. The van der Waals surface area contributed by atoms with Gasteiger partial charge in [-0.3, -0.25) is 5.32 Å². The molecule has 2 aromatic rings. The van der Waals surface area contributed by atoms with Gasteiger partial charge in [-0.25, -0.2) is 17.9 Å². The largest absolute Gasteiger partial charge is 0.444 e. The molecule has 0 aliphatic carbocycles. The molecule has 7 heteroatoms. The standard InChI is InChI=1S/C21H28N2O4S/c1-15-7-13-18(14-8-15)28(25,26)23-21(5,6)16-9-11-17(12-10-16)22-19(24)27-20(2,3)4/h7-14,23H,1-6H3,(H,22,24). The quantitative estimate of drug-likeness (QED) is 0.765. The number of hydrogen-bond donors (Lipinski definition) is 2. The van der Waals surface area contributed by atoms with Gasteiger partial charge in [0.1, 0.15) is 5.60 Å². The number of amides is 1. The lowest BCUT2D eigenvalue weighted by Crippen LogP contribution is -2.40. The summed E-state index contributed by atoms with van der Waals surface area (Å²) in [4.78, 5) is 12.1. The molecule has 0 aliphatic rings. The van der Waals surface area contributed by atoms with Crippen LogP contribution in [-0.4, -0.2) is 20.1 Å². The van der Waals surface area contributed by atoms with Gasteiger partial charge in [0.2, 0.25) is 10.0 Å². The van der Waals surface area contributed by atoms with Crippen LogP contribution in [-0.2, 0) is 20.3 Å². The lowest BCUT2D eigenvalue weighted by Gasteiger charge is -2.27. The van der Waals surface area contributed by atoms with Crippen LogP contribution in [0.25, 0.3) is 0 Å². The second-order valence-corrected chi connectivity index (χ2v) is 9.93. The van der Waals surface area contributed by atoms with Crippen LogP contribution in [0.15, 0.2) is 53.4 Å². The topological polar surface area (TPSA) is 84.5 Å². The van der Waals surface area contributed by atoms with Gasteiger partial charge in [-0.15, -0.1) is 0 Å². The first-order valence-electron chi connectivity index (χ1n) is 9.00. The molecular weight excluding hydrogens is 376 g/mol. The summed E-state index contributed by atoms with van der Waals surface area (Å²) in [6, 6.07) is 13.7. The number of anilines is 1. The van der Waals surface area contributed by atoms with Gasteiger partial charge in [0, 0.05) is 5.69 Å². The van der Waals surface area contributed by atoms with Gasteiger partial charge in [0.15, 0.2) is 0 Å².